The van der Waals surface area contributed by atoms with E-state index >= 15 is 0 Å². The van der Waals surface area contributed by atoms with Gasteiger partial charge in [0.1, 0.15) is 11.2 Å². The Hall–Kier alpha value is -5.86. The van der Waals surface area contributed by atoms with E-state index in [0.717, 1.165) is 58.0 Å². The number of fused-ring (bicyclic) bond motifs is 4. The Morgan fingerprint density at radius 1 is 0.621 bits per heavy atom. The first-order valence-electron chi connectivity index (χ1n) is 21.6. The summed E-state index contributed by atoms with van der Waals surface area (Å²) >= 11 is 0. The molecule has 6 aromatic carbocycles. The molecule has 10 rings (SSSR count). The van der Waals surface area contributed by atoms with Gasteiger partial charge >= 0.3 is 0 Å². The number of nitrogens with zero attached hydrogens (tertiary/aromatic N) is 1. The maximum atomic E-state index is 6.51. The summed E-state index contributed by atoms with van der Waals surface area (Å²) in [5.74, 6) is 1.03. The minimum Gasteiger partial charge on any atom is -0.455 e. The van der Waals surface area contributed by atoms with Crippen LogP contribution in [0.2, 0.25) is 0 Å². The summed E-state index contributed by atoms with van der Waals surface area (Å²) in [6.07, 6.45) is 19.5. The Bertz CT molecular complexity index is 2750. The van der Waals surface area contributed by atoms with Crippen molar-refractivity contribution < 1.29 is 4.42 Å². The molecule has 0 saturated heterocycles. The zero-order valence-corrected chi connectivity index (χ0v) is 34.2. The van der Waals surface area contributed by atoms with Crippen LogP contribution in [0.1, 0.15) is 94.7 Å². The summed E-state index contributed by atoms with van der Waals surface area (Å²) in [5, 5.41) is 5.09. The van der Waals surface area contributed by atoms with Gasteiger partial charge in [-0.15, -0.1) is 0 Å². The Kier molecular flexibility index (Phi) is 9.52. The van der Waals surface area contributed by atoms with Crippen molar-refractivity contribution in [1.29, 1.82) is 0 Å². The molecule has 288 valence electrons. The van der Waals surface area contributed by atoms with E-state index in [1.807, 2.05) is 6.07 Å². The van der Waals surface area contributed by atoms with Crippen LogP contribution in [0.25, 0.3) is 55.0 Å². The standard InChI is InChI=1S/C56H53NO/c1-56(2,3)42-33-36-52(50(37-42)39-19-8-5-9-20-39)57(43-34-31-40(32-35-43)45-26-16-28-49-47-24-11-13-30-53(47)58-55(45)49)51-29-12-10-23-46(51)48-27-15-22-41-21-14-25-44(54(41)48)38-17-6-4-7-18-38/h5,8-9,11,13-16,19-36,38,42H,4,6-7,10,12,17-18,37H2,1-3H3. The van der Waals surface area contributed by atoms with Crippen molar-refractivity contribution in [1.82, 2.24) is 0 Å². The van der Waals surface area contributed by atoms with Gasteiger partial charge in [-0.1, -0.05) is 174 Å². The highest BCUT2D eigenvalue weighted by atomic mass is 16.3. The van der Waals surface area contributed by atoms with Crippen molar-refractivity contribution in [2.75, 3.05) is 4.90 Å². The molecule has 0 N–H and O–H groups in total. The summed E-state index contributed by atoms with van der Waals surface area (Å²) in [6.45, 7) is 7.14. The highest BCUT2D eigenvalue weighted by Crippen LogP contribution is 2.48. The lowest BCUT2D eigenvalue weighted by molar-refractivity contribution is 0.296. The average Bonchev–Trinajstić information content (AvgIpc) is 3.66. The summed E-state index contributed by atoms with van der Waals surface area (Å²) in [7, 11) is 0. The van der Waals surface area contributed by atoms with E-state index < -0.39 is 0 Å². The molecule has 0 bridgehead atoms. The van der Waals surface area contributed by atoms with Crippen LogP contribution in [-0.4, -0.2) is 0 Å². The third-order valence-corrected chi connectivity index (χ3v) is 13.2. The van der Waals surface area contributed by atoms with Gasteiger partial charge in [-0.3, -0.25) is 0 Å². The summed E-state index contributed by atoms with van der Waals surface area (Å²) in [6, 6.07) is 49.3. The van der Waals surface area contributed by atoms with E-state index in [2.05, 4.69) is 177 Å². The number of benzene rings is 6. The molecule has 0 radical (unpaired) electrons. The number of anilines is 1. The summed E-state index contributed by atoms with van der Waals surface area (Å²) in [5.41, 5.74) is 14.9. The molecule has 58 heavy (non-hydrogen) atoms. The highest BCUT2D eigenvalue weighted by molar-refractivity contribution is 6.09. The van der Waals surface area contributed by atoms with Gasteiger partial charge in [-0.2, -0.15) is 0 Å². The Balaban J connectivity index is 1.16. The number of furan rings is 1. The average molecular weight is 756 g/mol. The van der Waals surface area contributed by atoms with Crippen LogP contribution in [0.4, 0.5) is 5.69 Å². The van der Waals surface area contributed by atoms with Crippen molar-refractivity contribution in [3.63, 3.8) is 0 Å². The molecule has 1 saturated carbocycles. The first-order valence-corrected chi connectivity index (χ1v) is 21.6. The fourth-order valence-corrected chi connectivity index (χ4v) is 10.1. The molecule has 0 amide bonds. The molecule has 1 fully saturated rings. The zero-order valence-electron chi connectivity index (χ0n) is 34.2. The lowest BCUT2D eigenvalue weighted by Crippen LogP contribution is -2.28. The van der Waals surface area contributed by atoms with Crippen LogP contribution in [-0.2, 0) is 0 Å². The quantitative estimate of drug-likeness (QED) is 0.161. The van der Waals surface area contributed by atoms with Crippen molar-refractivity contribution in [3.05, 3.63) is 186 Å². The van der Waals surface area contributed by atoms with Gasteiger partial charge in [-0.25, -0.2) is 0 Å². The number of hydrogen-bond acceptors (Lipinski definition) is 2. The largest absolute Gasteiger partial charge is 0.455 e. The molecular weight excluding hydrogens is 703 g/mol. The molecule has 0 aliphatic heterocycles. The fourth-order valence-electron chi connectivity index (χ4n) is 10.1. The Morgan fingerprint density at radius 2 is 1.33 bits per heavy atom. The van der Waals surface area contributed by atoms with E-state index in [1.165, 1.54) is 82.1 Å². The second-order valence-electron chi connectivity index (χ2n) is 17.8. The molecule has 1 aromatic heterocycles. The molecule has 3 aliphatic carbocycles. The normalized spacial score (nSPS) is 17.9. The SMILES string of the molecule is CC(C)(C)C1C=CC(N(C2=CCCC=C2c2cccc3cccc(C4CCCCC4)c23)c2ccc(-c3cccc4c3oc3ccccc34)cc2)=C(c2ccccc2)C1. The predicted octanol–water partition coefficient (Wildman–Crippen LogP) is 16.1. The van der Waals surface area contributed by atoms with Crippen molar-refractivity contribution in [2.24, 2.45) is 11.3 Å². The first kappa shape index (κ1) is 36.5. The first-order chi connectivity index (χ1) is 28.4. The van der Waals surface area contributed by atoms with Crippen molar-refractivity contribution in [2.45, 2.75) is 78.1 Å². The lowest BCUT2D eigenvalue weighted by atomic mass is 9.73. The monoisotopic (exact) mass is 755 g/mol. The maximum absolute atomic E-state index is 6.51. The molecule has 2 heteroatoms. The Morgan fingerprint density at radius 3 is 2.14 bits per heavy atom. The molecule has 1 unspecified atom stereocenters. The summed E-state index contributed by atoms with van der Waals surface area (Å²) < 4.78 is 6.51. The maximum Gasteiger partial charge on any atom is 0.143 e. The molecular formula is C56H53NO. The second kappa shape index (κ2) is 15.1. The van der Waals surface area contributed by atoms with E-state index in [1.54, 1.807) is 0 Å². The fraction of sp³-hybridized carbons (Fsp3) is 0.250. The van der Waals surface area contributed by atoms with Gasteiger partial charge < -0.3 is 9.32 Å². The molecule has 3 aliphatic rings. The number of para-hydroxylation sites is 2. The van der Waals surface area contributed by atoms with Crippen LogP contribution in [0, 0.1) is 11.3 Å². The van der Waals surface area contributed by atoms with E-state index in [-0.39, 0.29) is 5.41 Å². The minimum absolute atomic E-state index is 0.139. The molecule has 1 heterocycles. The van der Waals surface area contributed by atoms with E-state index in [9.17, 15) is 0 Å². The topological polar surface area (TPSA) is 16.4 Å². The number of allylic oxidation sites excluding steroid dienone is 6. The summed E-state index contributed by atoms with van der Waals surface area (Å²) in [4.78, 5) is 2.59. The van der Waals surface area contributed by atoms with Gasteiger partial charge in [0, 0.05) is 39.0 Å². The van der Waals surface area contributed by atoms with Gasteiger partial charge in [0.05, 0.1) is 0 Å². The minimum atomic E-state index is 0.139. The third-order valence-electron chi connectivity index (χ3n) is 13.2. The molecule has 0 spiro atoms. The van der Waals surface area contributed by atoms with Crippen LogP contribution in [0.15, 0.2) is 174 Å². The van der Waals surface area contributed by atoms with Crippen LogP contribution in [0.3, 0.4) is 0 Å². The lowest BCUT2D eigenvalue weighted by Gasteiger charge is -2.38. The molecule has 7 aromatic rings. The zero-order chi connectivity index (χ0) is 39.2. The van der Waals surface area contributed by atoms with E-state index in [0.29, 0.717) is 11.8 Å². The van der Waals surface area contributed by atoms with Crippen molar-refractivity contribution >= 4 is 49.5 Å². The van der Waals surface area contributed by atoms with Crippen LogP contribution >= 0.6 is 0 Å². The predicted molar refractivity (Wildman–Crippen MR) is 247 cm³/mol. The smallest absolute Gasteiger partial charge is 0.143 e. The Labute approximate surface area is 343 Å². The van der Waals surface area contributed by atoms with Crippen molar-refractivity contribution in [3.8, 4) is 11.1 Å². The van der Waals surface area contributed by atoms with Gasteiger partial charge in [0.2, 0.25) is 0 Å². The molecule has 2 nitrogen and oxygen atoms in total. The van der Waals surface area contributed by atoms with Gasteiger partial charge in [0.15, 0.2) is 0 Å². The van der Waals surface area contributed by atoms with Gasteiger partial charge in [-0.05, 0) is 112 Å². The van der Waals surface area contributed by atoms with Crippen LogP contribution in [0.5, 0.6) is 0 Å². The second-order valence-corrected chi connectivity index (χ2v) is 17.8. The van der Waals surface area contributed by atoms with Gasteiger partial charge in [0.25, 0.3) is 0 Å². The third kappa shape index (κ3) is 6.63. The number of hydrogen-bond donors (Lipinski definition) is 0. The van der Waals surface area contributed by atoms with E-state index in [4.69, 9.17) is 4.42 Å². The van der Waals surface area contributed by atoms with Crippen LogP contribution < -0.4 is 4.90 Å². The highest BCUT2D eigenvalue weighted by Gasteiger charge is 2.32. The molecule has 1 atom stereocenters. The number of rotatable bonds is 7.